The zero-order valence-corrected chi connectivity index (χ0v) is 9.34. The van der Waals surface area contributed by atoms with E-state index in [9.17, 15) is 0 Å². The zero-order chi connectivity index (χ0) is 9.97. The van der Waals surface area contributed by atoms with Gasteiger partial charge in [0.15, 0.2) is 3.92 Å². The fraction of sp³-hybridized carbons (Fsp3) is 0. The molecule has 0 aliphatic carbocycles. The van der Waals surface area contributed by atoms with E-state index in [1.165, 1.54) is 11.3 Å². The van der Waals surface area contributed by atoms with Crippen LogP contribution in [0.1, 0.15) is 5.56 Å². The van der Waals surface area contributed by atoms with Crippen molar-refractivity contribution in [2.75, 3.05) is 0 Å². The molecule has 0 aliphatic heterocycles. The Kier molecular flexibility index (Phi) is 2.57. The smallest absolute Gasteiger partial charge is 0.183 e. The van der Waals surface area contributed by atoms with Gasteiger partial charge in [0.2, 0.25) is 0 Å². The lowest BCUT2D eigenvalue weighted by Gasteiger charge is -1.94. The average molecular weight is 266 g/mol. The Morgan fingerprint density at radius 2 is 2.21 bits per heavy atom. The van der Waals surface area contributed by atoms with Crippen molar-refractivity contribution in [2.45, 2.75) is 0 Å². The standard InChI is InChI=1S/C9H4BrN3S/c10-9-13-12-8(14-9)7-3-1-2-6(4-7)5-11/h1-4H. The molecule has 1 aromatic heterocycles. The molecular weight excluding hydrogens is 262 g/mol. The van der Waals surface area contributed by atoms with Crippen molar-refractivity contribution in [1.82, 2.24) is 10.2 Å². The summed E-state index contributed by atoms with van der Waals surface area (Å²) in [5.41, 5.74) is 1.56. The lowest BCUT2D eigenvalue weighted by Crippen LogP contribution is -1.78. The third kappa shape index (κ3) is 1.81. The second-order valence-electron chi connectivity index (χ2n) is 2.55. The van der Waals surface area contributed by atoms with Crippen LogP contribution in [0.2, 0.25) is 0 Å². The fourth-order valence-corrected chi connectivity index (χ4v) is 2.15. The molecule has 1 aromatic carbocycles. The van der Waals surface area contributed by atoms with Crippen molar-refractivity contribution in [3.8, 4) is 16.6 Å². The monoisotopic (exact) mass is 265 g/mol. The Morgan fingerprint density at radius 1 is 1.36 bits per heavy atom. The lowest BCUT2D eigenvalue weighted by molar-refractivity contribution is 1.08. The van der Waals surface area contributed by atoms with Crippen LogP contribution >= 0.6 is 27.3 Å². The maximum atomic E-state index is 8.72. The van der Waals surface area contributed by atoms with Crippen molar-refractivity contribution >= 4 is 27.3 Å². The molecule has 0 bridgehead atoms. The predicted octanol–water partition coefficient (Wildman–Crippen LogP) is 2.84. The first-order chi connectivity index (χ1) is 6.79. The summed E-state index contributed by atoms with van der Waals surface area (Å²) >= 11 is 4.69. The normalized spacial score (nSPS) is 9.71. The van der Waals surface area contributed by atoms with Crippen LogP contribution in [0.15, 0.2) is 28.2 Å². The minimum atomic E-state index is 0.633. The Morgan fingerprint density at radius 3 is 2.86 bits per heavy atom. The van der Waals surface area contributed by atoms with E-state index < -0.39 is 0 Å². The number of aromatic nitrogens is 2. The van der Waals surface area contributed by atoms with E-state index in [1.807, 2.05) is 12.1 Å². The number of nitriles is 1. The number of hydrogen-bond donors (Lipinski definition) is 0. The van der Waals surface area contributed by atoms with Gasteiger partial charge >= 0.3 is 0 Å². The topological polar surface area (TPSA) is 49.6 Å². The van der Waals surface area contributed by atoms with Gasteiger partial charge in [-0.3, -0.25) is 0 Å². The molecule has 0 fully saturated rings. The number of benzene rings is 1. The summed E-state index contributed by atoms with van der Waals surface area (Å²) in [5.74, 6) is 0. The van der Waals surface area contributed by atoms with E-state index >= 15 is 0 Å². The van der Waals surface area contributed by atoms with Crippen molar-refractivity contribution in [3.05, 3.63) is 33.7 Å². The van der Waals surface area contributed by atoms with Crippen LogP contribution < -0.4 is 0 Å². The second-order valence-corrected chi connectivity index (χ2v) is 4.81. The summed E-state index contributed by atoms with van der Waals surface area (Å²) in [6, 6.07) is 9.40. The van der Waals surface area contributed by atoms with Crippen molar-refractivity contribution in [3.63, 3.8) is 0 Å². The molecular formula is C9H4BrN3S. The van der Waals surface area contributed by atoms with E-state index in [0.29, 0.717) is 5.56 Å². The molecule has 68 valence electrons. The highest BCUT2D eigenvalue weighted by molar-refractivity contribution is 9.11. The molecule has 0 unspecified atom stereocenters. The molecule has 0 atom stereocenters. The Labute approximate surface area is 93.2 Å². The SMILES string of the molecule is N#Cc1cccc(-c2nnc(Br)s2)c1. The van der Waals surface area contributed by atoms with E-state index in [1.54, 1.807) is 12.1 Å². The van der Waals surface area contributed by atoms with Gasteiger partial charge in [-0.1, -0.05) is 23.5 Å². The molecule has 0 N–H and O–H groups in total. The maximum absolute atomic E-state index is 8.72. The summed E-state index contributed by atoms with van der Waals surface area (Å²) in [4.78, 5) is 0. The molecule has 14 heavy (non-hydrogen) atoms. The Hall–Kier alpha value is -1.25. The largest absolute Gasteiger partial charge is 0.192 e. The van der Waals surface area contributed by atoms with Gasteiger partial charge in [0, 0.05) is 5.56 Å². The summed E-state index contributed by atoms with van der Waals surface area (Å²) in [6.45, 7) is 0. The number of halogens is 1. The summed E-state index contributed by atoms with van der Waals surface area (Å²) in [5, 5.41) is 17.4. The van der Waals surface area contributed by atoms with Crippen LogP contribution in [0.25, 0.3) is 10.6 Å². The predicted molar refractivity (Wildman–Crippen MR) is 57.8 cm³/mol. The van der Waals surface area contributed by atoms with Gasteiger partial charge in [0.25, 0.3) is 0 Å². The molecule has 0 aliphatic rings. The molecule has 2 rings (SSSR count). The quantitative estimate of drug-likeness (QED) is 0.797. The van der Waals surface area contributed by atoms with Crippen LogP contribution in [0.4, 0.5) is 0 Å². The minimum Gasteiger partial charge on any atom is -0.192 e. The van der Waals surface area contributed by atoms with Gasteiger partial charge in [-0.2, -0.15) is 5.26 Å². The van der Waals surface area contributed by atoms with Crippen molar-refractivity contribution in [2.24, 2.45) is 0 Å². The zero-order valence-electron chi connectivity index (χ0n) is 6.94. The highest BCUT2D eigenvalue weighted by atomic mass is 79.9. The van der Waals surface area contributed by atoms with Gasteiger partial charge in [0.05, 0.1) is 11.6 Å². The van der Waals surface area contributed by atoms with E-state index in [-0.39, 0.29) is 0 Å². The molecule has 5 heteroatoms. The van der Waals surface area contributed by atoms with Gasteiger partial charge in [-0.05, 0) is 28.1 Å². The van der Waals surface area contributed by atoms with Gasteiger partial charge in [-0.15, -0.1) is 10.2 Å². The molecule has 2 aromatic rings. The van der Waals surface area contributed by atoms with Gasteiger partial charge in [-0.25, -0.2) is 0 Å². The van der Waals surface area contributed by atoms with Crippen molar-refractivity contribution < 1.29 is 0 Å². The van der Waals surface area contributed by atoms with Crippen LogP contribution in [-0.4, -0.2) is 10.2 Å². The van der Waals surface area contributed by atoms with Crippen LogP contribution in [0.5, 0.6) is 0 Å². The maximum Gasteiger partial charge on any atom is 0.183 e. The summed E-state index contributed by atoms with van der Waals surface area (Å²) < 4.78 is 0.745. The molecule has 0 amide bonds. The fourth-order valence-electron chi connectivity index (χ4n) is 1.04. The van der Waals surface area contributed by atoms with Crippen LogP contribution in [0.3, 0.4) is 0 Å². The second kappa shape index (κ2) is 3.86. The highest BCUT2D eigenvalue weighted by Crippen LogP contribution is 2.26. The Balaban J connectivity index is 2.47. The lowest BCUT2D eigenvalue weighted by atomic mass is 10.1. The Bertz CT molecular complexity index is 501. The summed E-state index contributed by atoms with van der Waals surface area (Å²) in [6.07, 6.45) is 0. The summed E-state index contributed by atoms with van der Waals surface area (Å²) in [7, 11) is 0. The first-order valence-electron chi connectivity index (χ1n) is 3.79. The van der Waals surface area contributed by atoms with Crippen molar-refractivity contribution in [1.29, 1.82) is 5.26 Å². The third-order valence-corrected chi connectivity index (χ3v) is 3.04. The van der Waals surface area contributed by atoms with E-state index in [0.717, 1.165) is 14.5 Å². The molecule has 1 heterocycles. The van der Waals surface area contributed by atoms with E-state index in [4.69, 9.17) is 5.26 Å². The minimum absolute atomic E-state index is 0.633. The number of hydrogen-bond acceptors (Lipinski definition) is 4. The molecule has 0 saturated carbocycles. The molecule has 0 saturated heterocycles. The third-order valence-electron chi connectivity index (χ3n) is 1.64. The molecule has 0 radical (unpaired) electrons. The molecule has 0 spiro atoms. The molecule has 3 nitrogen and oxygen atoms in total. The van der Waals surface area contributed by atoms with E-state index in [2.05, 4.69) is 32.2 Å². The van der Waals surface area contributed by atoms with Crippen LogP contribution in [0, 0.1) is 11.3 Å². The van der Waals surface area contributed by atoms with Gasteiger partial charge in [0.1, 0.15) is 5.01 Å². The highest BCUT2D eigenvalue weighted by Gasteiger charge is 2.04. The number of rotatable bonds is 1. The first kappa shape index (κ1) is 9.31. The van der Waals surface area contributed by atoms with Gasteiger partial charge < -0.3 is 0 Å². The van der Waals surface area contributed by atoms with Crippen LogP contribution in [-0.2, 0) is 0 Å². The first-order valence-corrected chi connectivity index (χ1v) is 5.40. The number of nitrogens with zero attached hydrogens (tertiary/aromatic N) is 3. The average Bonchev–Trinajstić information content (AvgIpc) is 2.65.